The summed E-state index contributed by atoms with van der Waals surface area (Å²) in [6, 6.07) is 8.45. The molecule has 0 aromatic heterocycles. The van der Waals surface area contributed by atoms with Crippen molar-refractivity contribution in [2.75, 3.05) is 30.3 Å². The van der Waals surface area contributed by atoms with Gasteiger partial charge in [0.25, 0.3) is 0 Å². The van der Waals surface area contributed by atoms with Gasteiger partial charge in [0, 0.05) is 36.1 Å². The lowest BCUT2D eigenvalue weighted by molar-refractivity contribution is -0.137. The summed E-state index contributed by atoms with van der Waals surface area (Å²) in [7, 11) is 0. The van der Waals surface area contributed by atoms with Gasteiger partial charge >= 0.3 is 6.18 Å². The monoisotopic (exact) mass is 529 g/mol. The Morgan fingerprint density at radius 2 is 1.89 bits per heavy atom. The number of fused-ring (bicyclic) bond motifs is 2. The second kappa shape index (κ2) is 10.4. The summed E-state index contributed by atoms with van der Waals surface area (Å²) in [5, 5.41) is 5.79. The maximum absolute atomic E-state index is 13.1. The highest BCUT2D eigenvalue weighted by molar-refractivity contribution is 6.05. The third-order valence-corrected chi connectivity index (χ3v) is 7.05. The topological polar surface area (TPSA) is 79.9 Å². The van der Waals surface area contributed by atoms with Gasteiger partial charge in [-0.05, 0) is 68.5 Å². The van der Waals surface area contributed by atoms with E-state index >= 15 is 0 Å². The zero-order valence-corrected chi connectivity index (χ0v) is 21.2. The number of nitrogens with one attached hydrogen (secondary N) is 2. The third-order valence-electron chi connectivity index (χ3n) is 7.05. The molecule has 5 rings (SSSR count). The largest absolute Gasteiger partial charge is 0.493 e. The van der Waals surface area contributed by atoms with Crippen molar-refractivity contribution in [2.24, 2.45) is 0 Å². The molecule has 0 bridgehead atoms. The fraction of sp³-hybridized carbons (Fsp3) is 0.429. The Kier molecular flexibility index (Phi) is 7.19. The third kappa shape index (κ3) is 5.71. The Balaban J connectivity index is 1.30. The highest BCUT2D eigenvalue weighted by Crippen LogP contribution is 2.38. The number of rotatable bonds is 3. The molecule has 1 saturated heterocycles. The number of alkyl halides is 3. The Morgan fingerprint density at radius 1 is 1.13 bits per heavy atom. The number of amides is 2. The molecule has 2 N–H and O–H groups in total. The van der Waals surface area contributed by atoms with Crippen molar-refractivity contribution in [3.63, 3.8) is 0 Å². The second-order valence-electron chi connectivity index (χ2n) is 10.1. The van der Waals surface area contributed by atoms with Gasteiger partial charge in [-0.2, -0.15) is 13.2 Å². The molecule has 3 heterocycles. The van der Waals surface area contributed by atoms with Crippen molar-refractivity contribution in [1.29, 1.82) is 0 Å². The summed E-state index contributed by atoms with van der Waals surface area (Å²) < 4.78 is 50.7. The molecule has 7 nitrogen and oxygen atoms in total. The van der Waals surface area contributed by atoms with Crippen molar-refractivity contribution in [1.82, 2.24) is 4.90 Å². The number of hydrogen-bond donors (Lipinski definition) is 2. The molecule has 0 radical (unpaired) electrons. The number of anilines is 2. The number of morpholine rings is 1. The molecule has 0 spiro atoms. The number of carbonyl (C=O) groups excluding carboxylic acids is 2. The standard InChI is InChI=1S/C28H30F3N3O4/c1-16-14-34(15-17(2)38-16)24-10-19-5-7-21(13-23(19)33-27(24)36)32-26(35)11-18-4-3-9-37-25-12-20(28(29,30)31)6-8-22(18)25/h5-8,11-13,16-17,24H,3-4,9-10,14-15H2,1-2H3,(H,32,35)(H,33,36)/t16-,17+,24?. The lowest BCUT2D eigenvalue weighted by atomic mass is 9.96. The van der Waals surface area contributed by atoms with Gasteiger partial charge in [-0.1, -0.05) is 12.1 Å². The molecule has 202 valence electrons. The van der Waals surface area contributed by atoms with E-state index in [1.807, 2.05) is 19.9 Å². The molecular weight excluding hydrogens is 499 g/mol. The van der Waals surface area contributed by atoms with Gasteiger partial charge in [0.2, 0.25) is 11.8 Å². The summed E-state index contributed by atoms with van der Waals surface area (Å²) in [4.78, 5) is 28.0. The minimum Gasteiger partial charge on any atom is -0.493 e. The van der Waals surface area contributed by atoms with Crippen LogP contribution in [0.5, 0.6) is 5.75 Å². The van der Waals surface area contributed by atoms with Crippen LogP contribution in [0.1, 0.15) is 43.4 Å². The fourth-order valence-electron chi connectivity index (χ4n) is 5.38. The molecule has 3 aliphatic rings. The first-order valence-corrected chi connectivity index (χ1v) is 12.8. The van der Waals surface area contributed by atoms with E-state index in [0.29, 0.717) is 54.9 Å². The van der Waals surface area contributed by atoms with Crippen molar-refractivity contribution in [3.8, 4) is 5.75 Å². The number of allylic oxidation sites excluding steroid dienone is 1. The fourth-order valence-corrected chi connectivity index (χ4v) is 5.38. The van der Waals surface area contributed by atoms with E-state index in [2.05, 4.69) is 15.5 Å². The lowest BCUT2D eigenvalue weighted by Gasteiger charge is -2.41. The summed E-state index contributed by atoms with van der Waals surface area (Å²) in [6.07, 6.45) is -1.34. The van der Waals surface area contributed by atoms with E-state index in [-0.39, 0.29) is 36.5 Å². The van der Waals surface area contributed by atoms with Crippen LogP contribution >= 0.6 is 0 Å². The predicted molar refractivity (Wildman–Crippen MR) is 137 cm³/mol. The zero-order chi connectivity index (χ0) is 27.0. The van der Waals surface area contributed by atoms with Gasteiger partial charge in [0.1, 0.15) is 5.75 Å². The maximum Gasteiger partial charge on any atom is 0.416 e. The average Bonchev–Trinajstić information content (AvgIpc) is 3.04. The zero-order valence-electron chi connectivity index (χ0n) is 21.2. The molecule has 10 heteroatoms. The second-order valence-corrected chi connectivity index (χ2v) is 10.1. The number of nitrogens with zero attached hydrogens (tertiary/aromatic N) is 1. The van der Waals surface area contributed by atoms with Crippen LogP contribution in [-0.4, -0.2) is 54.7 Å². The summed E-state index contributed by atoms with van der Waals surface area (Å²) in [6.45, 7) is 5.64. The van der Waals surface area contributed by atoms with Gasteiger partial charge < -0.3 is 20.1 Å². The molecule has 2 aromatic rings. The molecule has 2 amide bonds. The van der Waals surface area contributed by atoms with Gasteiger partial charge in [-0.15, -0.1) is 0 Å². The molecule has 38 heavy (non-hydrogen) atoms. The minimum atomic E-state index is -4.48. The van der Waals surface area contributed by atoms with Crippen LogP contribution in [0.15, 0.2) is 42.5 Å². The van der Waals surface area contributed by atoms with Crippen LogP contribution < -0.4 is 15.4 Å². The Hall–Kier alpha value is -3.37. The molecule has 1 fully saturated rings. The first-order chi connectivity index (χ1) is 18.1. The van der Waals surface area contributed by atoms with Crippen molar-refractivity contribution < 1.29 is 32.2 Å². The average molecular weight is 530 g/mol. The SMILES string of the molecule is C[C@@H]1CN(C2Cc3ccc(NC(=O)C=C4CCCOc5cc(C(F)(F)F)ccc54)cc3NC2=O)C[C@H](C)O1. The number of ether oxygens (including phenoxy) is 2. The van der Waals surface area contributed by atoms with Gasteiger partial charge in [-0.3, -0.25) is 14.5 Å². The van der Waals surface area contributed by atoms with E-state index in [0.717, 1.165) is 17.7 Å². The lowest BCUT2D eigenvalue weighted by Crippen LogP contribution is -2.55. The molecule has 0 saturated carbocycles. The van der Waals surface area contributed by atoms with Crippen LogP contribution in [0, 0.1) is 0 Å². The van der Waals surface area contributed by atoms with Crippen LogP contribution in [0.25, 0.3) is 5.57 Å². The highest BCUT2D eigenvalue weighted by atomic mass is 19.4. The number of halogens is 3. The molecule has 2 aromatic carbocycles. The predicted octanol–water partition coefficient (Wildman–Crippen LogP) is 4.87. The van der Waals surface area contributed by atoms with Crippen molar-refractivity contribution in [2.45, 2.75) is 57.5 Å². The number of benzene rings is 2. The maximum atomic E-state index is 13.1. The smallest absolute Gasteiger partial charge is 0.416 e. The van der Waals surface area contributed by atoms with Gasteiger partial charge in [-0.25, -0.2) is 0 Å². The Bertz CT molecular complexity index is 1270. The summed E-state index contributed by atoms with van der Waals surface area (Å²) >= 11 is 0. The van der Waals surface area contributed by atoms with E-state index in [4.69, 9.17) is 9.47 Å². The van der Waals surface area contributed by atoms with Crippen LogP contribution in [0.3, 0.4) is 0 Å². The Labute approximate surface area is 219 Å². The van der Waals surface area contributed by atoms with Crippen LogP contribution in [-0.2, 0) is 26.9 Å². The molecule has 3 aliphatic heterocycles. The van der Waals surface area contributed by atoms with Crippen LogP contribution in [0.4, 0.5) is 24.5 Å². The van der Waals surface area contributed by atoms with Gasteiger partial charge in [0.15, 0.2) is 0 Å². The number of carbonyl (C=O) groups is 2. The van der Waals surface area contributed by atoms with E-state index in [1.54, 1.807) is 12.1 Å². The Morgan fingerprint density at radius 3 is 2.63 bits per heavy atom. The van der Waals surface area contributed by atoms with E-state index in [9.17, 15) is 22.8 Å². The molecular formula is C28H30F3N3O4. The van der Waals surface area contributed by atoms with Gasteiger partial charge in [0.05, 0.1) is 30.4 Å². The van der Waals surface area contributed by atoms with Crippen molar-refractivity contribution in [3.05, 3.63) is 59.2 Å². The van der Waals surface area contributed by atoms with Crippen molar-refractivity contribution >= 4 is 28.8 Å². The molecule has 0 aliphatic carbocycles. The minimum absolute atomic E-state index is 0.0540. The van der Waals surface area contributed by atoms with E-state index < -0.39 is 17.6 Å². The first-order valence-electron chi connectivity index (χ1n) is 12.8. The quantitative estimate of drug-likeness (QED) is 0.555. The first kappa shape index (κ1) is 26.2. The number of hydrogen-bond acceptors (Lipinski definition) is 5. The van der Waals surface area contributed by atoms with E-state index in [1.165, 1.54) is 12.1 Å². The summed E-state index contributed by atoms with van der Waals surface area (Å²) in [5.74, 6) is -0.381. The molecule has 3 atom stereocenters. The summed E-state index contributed by atoms with van der Waals surface area (Å²) in [5.41, 5.74) is 2.42. The van der Waals surface area contributed by atoms with Crippen LogP contribution in [0.2, 0.25) is 0 Å². The normalized spacial score (nSPS) is 25.0. The highest BCUT2D eigenvalue weighted by Gasteiger charge is 2.35. The molecule has 1 unspecified atom stereocenters.